The SMILES string of the molecule is O=C(NCC1CCCO1)N1CCc2c(c3ccccc3n2Cc2ccncc2)C1. The predicted molar refractivity (Wildman–Crippen MR) is 112 cm³/mol. The minimum atomic E-state index is 0.0112. The molecule has 3 aromatic rings. The van der Waals surface area contributed by atoms with E-state index in [0.29, 0.717) is 13.1 Å². The number of fused-ring (bicyclic) bond motifs is 3. The van der Waals surface area contributed by atoms with Gasteiger partial charge in [0.25, 0.3) is 0 Å². The van der Waals surface area contributed by atoms with Crippen molar-refractivity contribution in [3.05, 3.63) is 65.6 Å². The van der Waals surface area contributed by atoms with Crippen molar-refractivity contribution in [1.29, 1.82) is 0 Å². The van der Waals surface area contributed by atoms with Crippen molar-refractivity contribution < 1.29 is 9.53 Å². The average Bonchev–Trinajstić information content (AvgIpc) is 3.40. The molecule has 0 radical (unpaired) electrons. The molecule has 1 unspecified atom stereocenters. The van der Waals surface area contributed by atoms with Crippen LogP contribution in [-0.2, 0) is 24.2 Å². The summed E-state index contributed by atoms with van der Waals surface area (Å²) in [6.45, 7) is 3.62. The van der Waals surface area contributed by atoms with Crippen molar-refractivity contribution in [2.45, 2.75) is 38.5 Å². The number of carbonyl (C=O) groups is 1. The molecule has 29 heavy (non-hydrogen) atoms. The van der Waals surface area contributed by atoms with E-state index in [1.165, 1.54) is 27.7 Å². The van der Waals surface area contributed by atoms with Crippen LogP contribution in [0, 0.1) is 0 Å². The van der Waals surface area contributed by atoms with E-state index in [-0.39, 0.29) is 12.1 Å². The Hall–Kier alpha value is -2.86. The molecule has 1 saturated heterocycles. The van der Waals surface area contributed by atoms with Gasteiger partial charge in [0.1, 0.15) is 0 Å². The minimum Gasteiger partial charge on any atom is -0.376 e. The number of hydrogen-bond acceptors (Lipinski definition) is 3. The minimum absolute atomic E-state index is 0.0112. The van der Waals surface area contributed by atoms with E-state index >= 15 is 0 Å². The van der Waals surface area contributed by atoms with Gasteiger partial charge in [0.2, 0.25) is 0 Å². The van der Waals surface area contributed by atoms with Gasteiger partial charge in [-0.15, -0.1) is 0 Å². The highest BCUT2D eigenvalue weighted by molar-refractivity contribution is 5.87. The predicted octanol–water partition coefficient (Wildman–Crippen LogP) is 3.33. The Labute approximate surface area is 170 Å². The smallest absolute Gasteiger partial charge is 0.317 e. The Balaban J connectivity index is 1.39. The molecule has 1 aromatic carbocycles. The molecular formula is C23H26N4O2. The molecule has 4 heterocycles. The summed E-state index contributed by atoms with van der Waals surface area (Å²) in [6.07, 6.45) is 6.84. The molecule has 2 aliphatic rings. The summed E-state index contributed by atoms with van der Waals surface area (Å²) in [5, 5.41) is 4.31. The summed E-state index contributed by atoms with van der Waals surface area (Å²) in [5.41, 5.74) is 5.08. The van der Waals surface area contributed by atoms with Crippen LogP contribution in [0.15, 0.2) is 48.8 Å². The van der Waals surface area contributed by atoms with Crippen LogP contribution in [0.4, 0.5) is 4.79 Å². The quantitative estimate of drug-likeness (QED) is 0.743. The summed E-state index contributed by atoms with van der Waals surface area (Å²) in [6, 6.07) is 12.7. The van der Waals surface area contributed by atoms with Crippen LogP contribution in [-0.4, -0.2) is 46.3 Å². The van der Waals surface area contributed by atoms with E-state index in [4.69, 9.17) is 4.74 Å². The van der Waals surface area contributed by atoms with Crippen molar-refractivity contribution in [3.63, 3.8) is 0 Å². The summed E-state index contributed by atoms with van der Waals surface area (Å²) in [7, 11) is 0. The number of carbonyl (C=O) groups excluding carboxylic acids is 1. The third kappa shape index (κ3) is 3.60. The first kappa shape index (κ1) is 18.2. The van der Waals surface area contributed by atoms with Crippen molar-refractivity contribution in [3.8, 4) is 0 Å². The molecular weight excluding hydrogens is 364 g/mol. The van der Waals surface area contributed by atoms with Gasteiger partial charge in [0, 0.05) is 73.8 Å². The zero-order valence-electron chi connectivity index (χ0n) is 16.5. The Morgan fingerprint density at radius 3 is 2.90 bits per heavy atom. The molecule has 5 rings (SSSR count). The van der Waals surface area contributed by atoms with Crippen molar-refractivity contribution in [2.75, 3.05) is 19.7 Å². The van der Waals surface area contributed by atoms with Gasteiger partial charge >= 0.3 is 6.03 Å². The van der Waals surface area contributed by atoms with Crippen LogP contribution in [0.3, 0.4) is 0 Å². The second-order valence-electron chi connectivity index (χ2n) is 7.88. The number of nitrogens with one attached hydrogen (secondary N) is 1. The Kier molecular flexibility index (Phi) is 4.94. The van der Waals surface area contributed by atoms with E-state index in [9.17, 15) is 4.79 Å². The maximum absolute atomic E-state index is 12.7. The molecule has 0 bridgehead atoms. The lowest BCUT2D eigenvalue weighted by molar-refractivity contribution is 0.108. The Morgan fingerprint density at radius 1 is 1.21 bits per heavy atom. The number of amides is 2. The van der Waals surface area contributed by atoms with Gasteiger partial charge < -0.3 is 19.5 Å². The molecule has 2 aromatic heterocycles. The lowest BCUT2D eigenvalue weighted by atomic mass is 10.0. The molecule has 1 fully saturated rings. The fourth-order valence-electron chi connectivity index (χ4n) is 4.54. The Morgan fingerprint density at radius 2 is 2.07 bits per heavy atom. The summed E-state index contributed by atoms with van der Waals surface area (Å²) in [4.78, 5) is 18.8. The number of rotatable bonds is 4. The van der Waals surface area contributed by atoms with Gasteiger partial charge in [0.05, 0.1) is 6.10 Å². The highest BCUT2D eigenvalue weighted by atomic mass is 16.5. The molecule has 150 valence electrons. The molecule has 1 atom stereocenters. The number of ether oxygens (including phenoxy) is 1. The number of urea groups is 1. The zero-order valence-corrected chi connectivity index (χ0v) is 16.5. The number of hydrogen-bond donors (Lipinski definition) is 1. The molecule has 1 N–H and O–H groups in total. The topological polar surface area (TPSA) is 59.4 Å². The standard InChI is InChI=1S/C23H26N4O2/c28-23(25-14-18-4-3-13-29-18)26-12-9-22-20(16-26)19-5-1-2-6-21(19)27(22)15-17-7-10-24-11-8-17/h1-2,5-8,10-11,18H,3-4,9,12-16H2,(H,25,28). The van der Waals surface area contributed by atoms with Crippen LogP contribution in [0.5, 0.6) is 0 Å². The second kappa shape index (κ2) is 7.87. The van der Waals surface area contributed by atoms with Gasteiger partial charge in [0.15, 0.2) is 0 Å². The van der Waals surface area contributed by atoms with Crippen molar-refractivity contribution >= 4 is 16.9 Å². The van der Waals surface area contributed by atoms with E-state index in [2.05, 4.69) is 51.3 Å². The molecule has 2 aliphatic heterocycles. The van der Waals surface area contributed by atoms with Crippen LogP contribution in [0.2, 0.25) is 0 Å². The van der Waals surface area contributed by atoms with Gasteiger partial charge in [-0.3, -0.25) is 4.98 Å². The van der Waals surface area contributed by atoms with Crippen LogP contribution in [0.25, 0.3) is 10.9 Å². The fraction of sp³-hybridized carbons (Fsp3) is 0.391. The van der Waals surface area contributed by atoms with E-state index in [0.717, 1.165) is 39.0 Å². The first-order valence-corrected chi connectivity index (χ1v) is 10.4. The van der Waals surface area contributed by atoms with Gasteiger partial charge in [-0.05, 0) is 36.6 Å². The summed E-state index contributed by atoms with van der Waals surface area (Å²) in [5.74, 6) is 0. The third-order valence-electron chi connectivity index (χ3n) is 6.04. The largest absolute Gasteiger partial charge is 0.376 e. The van der Waals surface area contributed by atoms with Crippen LogP contribution >= 0.6 is 0 Å². The van der Waals surface area contributed by atoms with Gasteiger partial charge in [-0.2, -0.15) is 0 Å². The maximum atomic E-state index is 12.7. The van der Waals surface area contributed by atoms with E-state index in [1.807, 2.05) is 17.3 Å². The van der Waals surface area contributed by atoms with Crippen LogP contribution < -0.4 is 5.32 Å². The molecule has 0 aliphatic carbocycles. The second-order valence-corrected chi connectivity index (χ2v) is 7.88. The number of pyridine rings is 1. The molecule has 2 amide bonds. The first-order valence-electron chi connectivity index (χ1n) is 10.4. The molecule has 0 spiro atoms. The normalized spacial score (nSPS) is 18.8. The summed E-state index contributed by atoms with van der Waals surface area (Å²) < 4.78 is 8.03. The van der Waals surface area contributed by atoms with E-state index in [1.54, 1.807) is 0 Å². The summed E-state index contributed by atoms with van der Waals surface area (Å²) >= 11 is 0. The average molecular weight is 390 g/mol. The molecule has 6 heteroatoms. The van der Waals surface area contributed by atoms with Crippen molar-refractivity contribution in [2.24, 2.45) is 0 Å². The third-order valence-corrected chi connectivity index (χ3v) is 6.04. The van der Waals surface area contributed by atoms with Crippen LogP contribution in [0.1, 0.15) is 29.7 Å². The zero-order chi connectivity index (χ0) is 19.6. The lowest BCUT2D eigenvalue weighted by Crippen LogP contribution is -2.45. The van der Waals surface area contributed by atoms with E-state index < -0.39 is 0 Å². The monoisotopic (exact) mass is 390 g/mol. The number of benzene rings is 1. The fourth-order valence-corrected chi connectivity index (χ4v) is 4.54. The highest BCUT2D eigenvalue weighted by Crippen LogP contribution is 2.31. The molecule has 6 nitrogen and oxygen atoms in total. The molecule has 0 saturated carbocycles. The number of nitrogens with zero attached hydrogens (tertiary/aromatic N) is 3. The van der Waals surface area contributed by atoms with Gasteiger partial charge in [-0.1, -0.05) is 18.2 Å². The van der Waals surface area contributed by atoms with Gasteiger partial charge in [-0.25, -0.2) is 4.79 Å². The first-order chi connectivity index (χ1) is 14.3. The Bertz CT molecular complexity index is 1010. The maximum Gasteiger partial charge on any atom is 0.317 e. The lowest BCUT2D eigenvalue weighted by Gasteiger charge is -2.29. The number of aromatic nitrogens is 2. The van der Waals surface area contributed by atoms with Crippen molar-refractivity contribution in [1.82, 2.24) is 19.8 Å². The highest BCUT2D eigenvalue weighted by Gasteiger charge is 2.27. The number of para-hydroxylation sites is 1.